The van der Waals surface area contributed by atoms with Crippen molar-refractivity contribution in [1.29, 1.82) is 0 Å². The molecule has 1 unspecified atom stereocenters. The lowest BCUT2D eigenvalue weighted by Crippen LogP contribution is -2.41. The van der Waals surface area contributed by atoms with Gasteiger partial charge in [-0.1, -0.05) is 11.6 Å². The SMILES string of the molecule is CC(Cl)c1cc2c(Cl)cc(F)c(-n3c(=O)cc(C(F)(F)F)n(C)c3=O)c2o1. The van der Waals surface area contributed by atoms with Gasteiger partial charge >= 0.3 is 11.9 Å². The Kier molecular flexibility index (Phi) is 4.63. The third kappa shape index (κ3) is 3.14. The van der Waals surface area contributed by atoms with Gasteiger partial charge in [0.25, 0.3) is 5.56 Å². The molecule has 0 N–H and O–H groups in total. The number of hydrogen-bond acceptors (Lipinski definition) is 3. The number of hydrogen-bond donors (Lipinski definition) is 0. The summed E-state index contributed by atoms with van der Waals surface area (Å²) >= 11 is 11.9. The minimum atomic E-state index is -4.94. The van der Waals surface area contributed by atoms with Crippen molar-refractivity contribution in [2.75, 3.05) is 0 Å². The van der Waals surface area contributed by atoms with E-state index < -0.39 is 40.0 Å². The van der Waals surface area contributed by atoms with Crippen molar-refractivity contribution in [3.8, 4) is 5.69 Å². The molecule has 0 saturated carbocycles. The summed E-state index contributed by atoms with van der Waals surface area (Å²) in [5, 5.41) is -0.559. The number of furan rings is 1. The Hall–Kier alpha value is -2.26. The average Bonchev–Trinajstić information content (AvgIpc) is 2.98. The van der Waals surface area contributed by atoms with Crippen LogP contribution in [0.2, 0.25) is 5.02 Å². The Balaban J connectivity index is 2.45. The molecule has 0 saturated heterocycles. The molecule has 0 aliphatic heterocycles. The van der Waals surface area contributed by atoms with Gasteiger partial charge in [-0.3, -0.25) is 9.36 Å². The molecule has 1 aromatic carbocycles. The molecular formula is C16H10Cl2F4N2O3. The number of halogens is 6. The van der Waals surface area contributed by atoms with Gasteiger partial charge in [-0.05, 0) is 19.1 Å². The maximum absolute atomic E-state index is 14.6. The molecule has 0 aliphatic carbocycles. The predicted molar refractivity (Wildman–Crippen MR) is 91.3 cm³/mol. The van der Waals surface area contributed by atoms with Crippen LogP contribution in [0.5, 0.6) is 0 Å². The van der Waals surface area contributed by atoms with Crippen LogP contribution in [-0.4, -0.2) is 9.13 Å². The van der Waals surface area contributed by atoms with Crippen LogP contribution in [0.15, 0.2) is 32.2 Å². The van der Waals surface area contributed by atoms with Gasteiger partial charge in [0.1, 0.15) is 17.1 Å². The molecule has 0 spiro atoms. The van der Waals surface area contributed by atoms with Crippen LogP contribution in [0.3, 0.4) is 0 Å². The minimum absolute atomic E-state index is 0.0737. The van der Waals surface area contributed by atoms with Crippen LogP contribution >= 0.6 is 23.2 Å². The summed E-state index contributed by atoms with van der Waals surface area (Å²) in [4.78, 5) is 24.7. The van der Waals surface area contributed by atoms with Gasteiger partial charge in [0, 0.05) is 18.5 Å². The molecule has 0 radical (unpaired) electrons. The number of benzene rings is 1. The van der Waals surface area contributed by atoms with Crippen LogP contribution in [0.25, 0.3) is 16.7 Å². The normalized spacial score (nSPS) is 13.3. The van der Waals surface area contributed by atoms with Gasteiger partial charge in [-0.25, -0.2) is 13.8 Å². The third-order valence-electron chi connectivity index (χ3n) is 3.93. The summed E-state index contributed by atoms with van der Waals surface area (Å²) in [5.41, 5.74) is -5.15. The van der Waals surface area contributed by atoms with E-state index in [0.29, 0.717) is 0 Å². The average molecular weight is 425 g/mol. The lowest BCUT2D eigenvalue weighted by molar-refractivity contribution is -0.144. The van der Waals surface area contributed by atoms with E-state index in [1.54, 1.807) is 6.92 Å². The molecule has 0 fully saturated rings. The first-order valence-corrected chi connectivity index (χ1v) is 8.21. The largest absolute Gasteiger partial charge is 0.457 e. The van der Waals surface area contributed by atoms with Crippen molar-refractivity contribution in [1.82, 2.24) is 9.13 Å². The smallest absolute Gasteiger partial charge is 0.431 e. The topological polar surface area (TPSA) is 57.1 Å². The Morgan fingerprint density at radius 2 is 1.81 bits per heavy atom. The molecule has 0 aliphatic rings. The predicted octanol–water partition coefficient (Wildman–Crippen LogP) is 4.39. The van der Waals surface area contributed by atoms with Gasteiger partial charge < -0.3 is 4.42 Å². The second-order valence-electron chi connectivity index (χ2n) is 5.74. The number of nitrogens with zero attached hydrogens (tertiary/aromatic N) is 2. The van der Waals surface area contributed by atoms with E-state index in [2.05, 4.69) is 0 Å². The zero-order valence-corrected chi connectivity index (χ0v) is 15.2. The molecule has 2 heterocycles. The van der Waals surface area contributed by atoms with Crippen molar-refractivity contribution < 1.29 is 22.0 Å². The highest BCUT2D eigenvalue weighted by atomic mass is 35.5. The molecule has 1 atom stereocenters. The molecule has 3 aromatic rings. The second kappa shape index (κ2) is 6.42. The quantitative estimate of drug-likeness (QED) is 0.452. The van der Waals surface area contributed by atoms with E-state index in [9.17, 15) is 27.2 Å². The maximum atomic E-state index is 14.6. The standard InChI is InChI=1S/C16H10Cl2F4N2O3/c1-6(17)10-3-7-8(18)4-9(19)13(14(7)27-10)24-12(25)5-11(16(20,21)22)23(2)15(24)26/h3-6H,1-2H3. The Labute approximate surface area is 158 Å². The van der Waals surface area contributed by atoms with E-state index in [4.69, 9.17) is 27.6 Å². The summed E-state index contributed by atoms with van der Waals surface area (Å²) in [5.74, 6) is -0.938. The summed E-state index contributed by atoms with van der Waals surface area (Å²) in [6.07, 6.45) is -4.94. The van der Waals surface area contributed by atoms with Crippen molar-refractivity contribution >= 4 is 34.2 Å². The first kappa shape index (κ1) is 19.5. The van der Waals surface area contributed by atoms with Gasteiger partial charge in [-0.2, -0.15) is 13.2 Å². The van der Waals surface area contributed by atoms with E-state index >= 15 is 0 Å². The van der Waals surface area contributed by atoms with Gasteiger partial charge in [-0.15, -0.1) is 11.6 Å². The highest BCUT2D eigenvalue weighted by Crippen LogP contribution is 2.36. The molecule has 3 rings (SSSR count). The molecule has 11 heteroatoms. The molecule has 2 aromatic heterocycles. The molecule has 144 valence electrons. The maximum Gasteiger partial charge on any atom is 0.431 e. The molecular weight excluding hydrogens is 415 g/mol. The van der Waals surface area contributed by atoms with Crippen LogP contribution in [0.1, 0.15) is 23.8 Å². The number of rotatable bonds is 2. The first-order valence-electron chi connectivity index (χ1n) is 7.39. The third-order valence-corrected chi connectivity index (χ3v) is 4.46. The highest BCUT2D eigenvalue weighted by molar-refractivity contribution is 6.35. The molecule has 0 bridgehead atoms. The fourth-order valence-electron chi connectivity index (χ4n) is 2.64. The van der Waals surface area contributed by atoms with Crippen molar-refractivity contribution in [3.63, 3.8) is 0 Å². The van der Waals surface area contributed by atoms with Gasteiger partial charge in [0.2, 0.25) is 0 Å². The van der Waals surface area contributed by atoms with Crippen molar-refractivity contribution in [2.24, 2.45) is 7.05 Å². The lowest BCUT2D eigenvalue weighted by atomic mass is 10.2. The van der Waals surface area contributed by atoms with Gasteiger partial charge in [0.15, 0.2) is 11.4 Å². The summed E-state index contributed by atoms with van der Waals surface area (Å²) in [7, 11) is 0.820. The van der Waals surface area contributed by atoms with Gasteiger partial charge in [0.05, 0.1) is 10.4 Å². The monoisotopic (exact) mass is 424 g/mol. The molecule has 5 nitrogen and oxygen atoms in total. The summed E-state index contributed by atoms with van der Waals surface area (Å²) in [6.45, 7) is 1.56. The Bertz CT molecular complexity index is 1180. The van der Waals surface area contributed by atoms with Crippen molar-refractivity contribution in [2.45, 2.75) is 18.5 Å². The fraction of sp³-hybridized carbons (Fsp3) is 0.250. The summed E-state index contributed by atoms with van der Waals surface area (Å²) < 4.78 is 59.5. The second-order valence-corrected chi connectivity index (χ2v) is 6.80. The van der Waals surface area contributed by atoms with Crippen LogP contribution in [0, 0.1) is 5.82 Å². The molecule has 27 heavy (non-hydrogen) atoms. The van der Waals surface area contributed by atoms with E-state index in [1.807, 2.05) is 0 Å². The number of fused-ring (bicyclic) bond motifs is 1. The van der Waals surface area contributed by atoms with E-state index in [-0.39, 0.29) is 37.0 Å². The fourth-order valence-corrected chi connectivity index (χ4v) is 2.98. The lowest BCUT2D eigenvalue weighted by Gasteiger charge is -2.14. The Morgan fingerprint density at radius 3 is 2.37 bits per heavy atom. The zero-order chi connectivity index (χ0) is 20.3. The van der Waals surface area contributed by atoms with Crippen LogP contribution in [-0.2, 0) is 13.2 Å². The number of alkyl halides is 4. The zero-order valence-electron chi connectivity index (χ0n) is 13.7. The highest BCUT2D eigenvalue weighted by Gasteiger charge is 2.35. The summed E-state index contributed by atoms with van der Waals surface area (Å²) in [6, 6.07) is 2.44. The van der Waals surface area contributed by atoms with E-state index in [1.165, 1.54) is 6.07 Å². The minimum Gasteiger partial charge on any atom is -0.457 e. The van der Waals surface area contributed by atoms with Crippen LogP contribution in [0.4, 0.5) is 17.6 Å². The van der Waals surface area contributed by atoms with Crippen LogP contribution < -0.4 is 11.2 Å². The first-order chi connectivity index (χ1) is 12.4. The molecule has 0 amide bonds. The van der Waals surface area contributed by atoms with E-state index in [0.717, 1.165) is 13.1 Å². The number of aromatic nitrogens is 2. The van der Waals surface area contributed by atoms with Crippen molar-refractivity contribution in [3.05, 3.63) is 61.3 Å². The Morgan fingerprint density at radius 1 is 1.19 bits per heavy atom.